The van der Waals surface area contributed by atoms with Crippen LogP contribution >= 0.6 is 34.4 Å². The van der Waals surface area contributed by atoms with E-state index in [0.717, 1.165) is 22.7 Å². The molecule has 12 heteroatoms. The van der Waals surface area contributed by atoms with Crippen LogP contribution in [0, 0.1) is 0 Å². The van der Waals surface area contributed by atoms with Gasteiger partial charge in [0.05, 0.1) is 33.0 Å². The van der Waals surface area contributed by atoms with Gasteiger partial charge in [-0.2, -0.15) is 0 Å². The van der Waals surface area contributed by atoms with Gasteiger partial charge in [0.25, 0.3) is 0 Å². The largest absolute Gasteiger partial charge is 0.325 e. The summed E-state index contributed by atoms with van der Waals surface area (Å²) in [4.78, 5) is 34.1. The number of thiazole rings is 2. The lowest BCUT2D eigenvalue weighted by molar-refractivity contribution is -0.116. The van der Waals surface area contributed by atoms with Crippen LogP contribution in [0.1, 0.15) is 5.69 Å². The molecule has 0 bridgehead atoms. The molecule has 8 nitrogen and oxygen atoms in total. The third kappa shape index (κ3) is 6.16. The van der Waals surface area contributed by atoms with Gasteiger partial charge in [0.2, 0.25) is 11.8 Å². The van der Waals surface area contributed by atoms with Crippen LogP contribution in [0.2, 0.25) is 0 Å². The van der Waals surface area contributed by atoms with Crippen LogP contribution in [0.5, 0.6) is 0 Å². The van der Waals surface area contributed by atoms with E-state index >= 15 is 0 Å². The van der Waals surface area contributed by atoms with Gasteiger partial charge in [-0.1, -0.05) is 59.5 Å². The monoisotopic (exact) mass is 568 g/mol. The number of hydrogen-bond acceptors (Lipinski definition) is 9. The van der Waals surface area contributed by atoms with Crippen molar-refractivity contribution in [2.24, 2.45) is 0 Å². The minimum absolute atomic E-state index is 0.0593. The third-order valence-electron chi connectivity index (χ3n) is 5.30. The van der Waals surface area contributed by atoms with Crippen molar-refractivity contribution in [3.8, 4) is 0 Å². The summed E-state index contributed by atoms with van der Waals surface area (Å²) < 4.78 is 24.9. The lowest BCUT2D eigenvalue weighted by Gasteiger charge is -2.08. The van der Waals surface area contributed by atoms with Crippen molar-refractivity contribution >= 4 is 87.9 Å². The number of carbonyl (C=O) groups excluding carboxylic acids is 2. The molecule has 0 unspecified atom stereocenters. The van der Waals surface area contributed by atoms with E-state index in [9.17, 15) is 18.0 Å². The lowest BCUT2D eigenvalue weighted by atomic mass is 10.1. The highest BCUT2D eigenvalue weighted by molar-refractivity contribution is 8.01. The van der Waals surface area contributed by atoms with E-state index in [1.54, 1.807) is 17.5 Å². The first-order chi connectivity index (χ1) is 17.7. The second-order valence-electron chi connectivity index (χ2n) is 8.11. The molecule has 0 fully saturated rings. The Labute approximate surface area is 225 Å². The van der Waals surface area contributed by atoms with Crippen LogP contribution in [0.25, 0.3) is 21.0 Å². The van der Waals surface area contributed by atoms with E-state index in [4.69, 9.17) is 0 Å². The Hall–Kier alpha value is -3.32. The SMILES string of the molecule is CS(=O)(=O)c1ccc2nc(NC(=O)Cc3csc(SCC(=O)Nc4cccc5ccccc45)n3)sc2c1. The molecule has 37 heavy (non-hydrogen) atoms. The lowest BCUT2D eigenvalue weighted by Crippen LogP contribution is -2.14. The van der Waals surface area contributed by atoms with Crippen molar-refractivity contribution in [1.82, 2.24) is 9.97 Å². The van der Waals surface area contributed by atoms with Crippen molar-refractivity contribution in [3.63, 3.8) is 0 Å². The Morgan fingerprint density at radius 3 is 2.62 bits per heavy atom. The maximum Gasteiger partial charge on any atom is 0.234 e. The molecule has 5 aromatic rings. The normalized spacial score (nSPS) is 11.6. The maximum atomic E-state index is 12.5. The minimum atomic E-state index is -3.32. The summed E-state index contributed by atoms with van der Waals surface area (Å²) in [5.41, 5.74) is 1.98. The van der Waals surface area contributed by atoms with Crippen molar-refractivity contribution < 1.29 is 18.0 Å². The molecule has 2 heterocycles. The number of fused-ring (bicyclic) bond motifs is 2. The number of aromatic nitrogens is 2. The highest BCUT2D eigenvalue weighted by Gasteiger charge is 2.14. The molecule has 0 radical (unpaired) electrons. The van der Waals surface area contributed by atoms with Gasteiger partial charge in [-0.15, -0.1) is 11.3 Å². The van der Waals surface area contributed by atoms with E-state index < -0.39 is 9.84 Å². The second kappa shape index (κ2) is 10.6. The summed E-state index contributed by atoms with van der Waals surface area (Å²) in [7, 11) is -3.32. The number of hydrogen-bond donors (Lipinski definition) is 2. The summed E-state index contributed by atoms with van der Waals surface area (Å²) >= 11 is 3.90. The number of thioether (sulfide) groups is 1. The quantitative estimate of drug-likeness (QED) is 0.246. The summed E-state index contributed by atoms with van der Waals surface area (Å²) in [6.45, 7) is 0. The van der Waals surface area contributed by atoms with Gasteiger partial charge in [0, 0.05) is 22.7 Å². The van der Waals surface area contributed by atoms with Gasteiger partial charge < -0.3 is 10.6 Å². The molecular formula is C25H20N4O4S4. The summed E-state index contributed by atoms with van der Waals surface area (Å²) in [6, 6.07) is 18.3. The fourth-order valence-corrected chi connectivity index (χ4v) is 6.89. The Morgan fingerprint density at radius 2 is 1.78 bits per heavy atom. The first-order valence-corrected chi connectivity index (χ1v) is 15.6. The Bertz CT molecular complexity index is 1740. The summed E-state index contributed by atoms with van der Waals surface area (Å²) in [5.74, 6) is -0.215. The van der Waals surface area contributed by atoms with Gasteiger partial charge in [0.15, 0.2) is 19.3 Å². The van der Waals surface area contributed by atoms with Crippen molar-refractivity contribution in [2.75, 3.05) is 22.6 Å². The highest BCUT2D eigenvalue weighted by atomic mass is 32.2. The van der Waals surface area contributed by atoms with Crippen molar-refractivity contribution in [3.05, 3.63) is 71.7 Å². The standard InChI is InChI=1S/C25H20N4O4S4/c1-37(32,33)17-9-10-20-21(12-17)36-24(28-20)29-22(30)11-16-13-34-25(26-16)35-14-23(31)27-19-8-4-6-15-5-2-3-7-18(15)19/h2-10,12-13H,11,14H2,1H3,(H,27,31)(H,28,29,30). The molecule has 0 spiro atoms. The molecule has 0 saturated carbocycles. The fraction of sp³-hybridized carbons (Fsp3) is 0.120. The molecule has 0 saturated heterocycles. The average Bonchev–Trinajstić information content (AvgIpc) is 3.47. The van der Waals surface area contributed by atoms with Crippen LogP contribution in [0.15, 0.2) is 75.3 Å². The van der Waals surface area contributed by atoms with Crippen molar-refractivity contribution in [2.45, 2.75) is 15.7 Å². The predicted octanol–water partition coefficient (Wildman–Crippen LogP) is 5.22. The minimum Gasteiger partial charge on any atom is -0.325 e. The molecule has 2 aromatic heterocycles. The molecule has 0 atom stereocenters. The number of carbonyl (C=O) groups is 2. The van der Waals surface area contributed by atoms with Crippen LogP contribution < -0.4 is 10.6 Å². The first-order valence-electron chi connectivity index (χ1n) is 11.0. The molecule has 0 aliphatic heterocycles. The topological polar surface area (TPSA) is 118 Å². The Kier molecular flexibility index (Phi) is 7.24. The second-order valence-corrected chi connectivity index (χ2v) is 13.2. The fourth-order valence-electron chi connectivity index (χ4n) is 3.60. The van der Waals surface area contributed by atoms with Gasteiger partial charge in [-0.3, -0.25) is 9.59 Å². The molecule has 188 valence electrons. The summed E-state index contributed by atoms with van der Waals surface area (Å²) in [6.07, 6.45) is 1.21. The molecule has 5 rings (SSSR count). The first kappa shape index (κ1) is 25.3. The zero-order valence-corrected chi connectivity index (χ0v) is 22.7. The zero-order chi connectivity index (χ0) is 26.0. The summed E-state index contributed by atoms with van der Waals surface area (Å²) in [5, 5.41) is 9.93. The van der Waals surface area contributed by atoms with Crippen LogP contribution in [-0.4, -0.2) is 42.2 Å². The van der Waals surface area contributed by atoms with E-state index in [1.807, 2.05) is 42.5 Å². The van der Waals surface area contributed by atoms with Gasteiger partial charge in [0.1, 0.15) is 0 Å². The number of rotatable bonds is 8. The number of anilines is 2. The number of sulfone groups is 1. The molecular weight excluding hydrogens is 549 g/mol. The molecule has 2 amide bonds. The zero-order valence-electron chi connectivity index (χ0n) is 19.4. The highest BCUT2D eigenvalue weighted by Crippen LogP contribution is 2.29. The number of amides is 2. The van der Waals surface area contributed by atoms with Crippen molar-refractivity contribution in [1.29, 1.82) is 0 Å². The van der Waals surface area contributed by atoms with E-state index in [2.05, 4.69) is 20.6 Å². The van der Waals surface area contributed by atoms with Gasteiger partial charge >= 0.3 is 0 Å². The van der Waals surface area contributed by atoms with E-state index in [0.29, 0.717) is 25.4 Å². The maximum absolute atomic E-state index is 12.5. The number of benzene rings is 3. The van der Waals surface area contributed by atoms with Crippen LogP contribution in [0.4, 0.5) is 10.8 Å². The number of nitrogens with one attached hydrogen (secondary N) is 2. The molecule has 0 aliphatic rings. The van der Waals surface area contributed by atoms with E-state index in [1.165, 1.54) is 40.5 Å². The van der Waals surface area contributed by atoms with Crippen LogP contribution in [-0.2, 0) is 25.8 Å². The number of nitrogens with zero attached hydrogens (tertiary/aromatic N) is 2. The van der Waals surface area contributed by atoms with Gasteiger partial charge in [-0.05, 0) is 29.7 Å². The Morgan fingerprint density at radius 1 is 0.973 bits per heavy atom. The molecule has 3 aromatic carbocycles. The van der Waals surface area contributed by atoms with E-state index in [-0.39, 0.29) is 28.9 Å². The smallest absolute Gasteiger partial charge is 0.234 e. The third-order valence-corrected chi connectivity index (χ3v) is 9.41. The van der Waals surface area contributed by atoms with Crippen LogP contribution in [0.3, 0.4) is 0 Å². The predicted molar refractivity (Wildman–Crippen MR) is 150 cm³/mol. The molecule has 2 N–H and O–H groups in total. The average molecular weight is 569 g/mol. The Balaban J connectivity index is 1.15. The molecule has 0 aliphatic carbocycles. The van der Waals surface area contributed by atoms with Gasteiger partial charge in [-0.25, -0.2) is 18.4 Å².